The Morgan fingerprint density at radius 3 is 2.00 bits per heavy atom. The van der Waals surface area contributed by atoms with Gasteiger partial charge in [0.2, 0.25) is 0 Å². The first-order chi connectivity index (χ1) is 33.9. The molecule has 4 heterocycles. The van der Waals surface area contributed by atoms with Crippen LogP contribution in [-0.4, -0.2) is 32.8 Å². The minimum absolute atomic E-state index is 0. The van der Waals surface area contributed by atoms with Gasteiger partial charge in [-0.2, -0.15) is 11.3 Å². The van der Waals surface area contributed by atoms with Crippen LogP contribution in [0.25, 0.3) is 82.1 Å². The quantitative estimate of drug-likeness (QED) is 0.101. The number of aromatic nitrogens is 4. The second-order valence-electron chi connectivity index (χ2n) is 19.7. The Kier molecular flexibility index (Phi) is 13.8. The number of halogens is 1. The van der Waals surface area contributed by atoms with Gasteiger partial charge in [0.15, 0.2) is 0 Å². The smallest absolute Gasteiger partial charge is 0 e. The van der Waals surface area contributed by atoms with Crippen LogP contribution in [0.5, 0.6) is 0 Å². The number of fused-ring (bicyclic) bond motifs is 4. The molecule has 0 aliphatic rings. The normalized spacial score (nSPS) is 12.6. The monoisotopic (exact) mass is 1170 g/mol. The molecule has 4 nitrogen and oxygen atoms in total. The van der Waals surface area contributed by atoms with E-state index in [-0.39, 0.29) is 31.2 Å². The summed E-state index contributed by atoms with van der Waals surface area (Å²) in [6.07, 6.45) is 2.81. The van der Waals surface area contributed by atoms with Crippen molar-refractivity contribution in [2.24, 2.45) is 5.92 Å². The van der Waals surface area contributed by atoms with E-state index in [1.54, 1.807) is 11.3 Å². The van der Waals surface area contributed by atoms with Gasteiger partial charge in [-0.05, 0) is 74.5 Å². The zero-order valence-electron chi connectivity index (χ0n) is 43.7. The third-order valence-electron chi connectivity index (χ3n) is 12.5. The molecule has 10 aromatic rings. The molecule has 1 radical (unpaired) electrons. The summed E-state index contributed by atoms with van der Waals surface area (Å²) < 4.78 is 41.6. The second-order valence-corrected chi connectivity index (χ2v) is 31.3. The van der Waals surface area contributed by atoms with Gasteiger partial charge in [-0.1, -0.05) is 118 Å². The van der Waals surface area contributed by atoms with E-state index in [0.717, 1.165) is 61.1 Å². The molecule has 6 aromatic carbocycles. The van der Waals surface area contributed by atoms with Crippen LogP contribution >= 0.6 is 11.3 Å². The maximum Gasteiger partial charge on any atom is 0 e. The fourth-order valence-corrected chi connectivity index (χ4v) is 13.7. The minimum Gasteiger partial charge on any atom is 0 e. The summed E-state index contributed by atoms with van der Waals surface area (Å²) in [6, 6.07) is 53.8. The predicted molar refractivity (Wildman–Crippen MR) is 290 cm³/mol. The maximum atomic E-state index is 14.5. The van der Waals surface area contributed by atoms with Crippen LogP contribution in [0.2, 0.25) is 17.3 Å². The number of para-hydroxylation sites is 2. The van der Waals surface area contributed by atoms with Crippen LogP contribution in [0.3, 0.4) is 0 Å². The fourth-order valence-electron chi connectivity index (χ4n) is 9.18. The Hall–Kier alpha value is -5.57. The molecule has 0 aliphatic carbocycles. The largest absolute Gasteiger partial charge is 0 e. The topological polar surface area (TPSA) is 43.6 Å². The molecule has 0 unspecified atom stereocenters. The molecule has 0 spiro atoms. The molecule has 0 saturated heterocycles. The summed E-state index contributed by atoms with van der Waals surface area (Å²) in [5, 5.41) is 2.35. The molecule has 0 saturated carbocycles. The second kappa shape index (κ2) is 20.8. The van der Waals surface area contributed by atoms with Crippen molar-refractivity contribution in [2.75, 3.05) is 0 Å². The van der Waals surface area contributed by atoms with E-state index in [1.807, 2.05) is 24.4 Å². The Bertz CT molecular complexity index is 3510. The molecule has 0 fully saturated rings. The number of hydrogen-bond donors (Lipinski definition) is 0. The molecule has 0 aliphatic heterocycles. The summed E-state index contributed by atoms with van der Waals surface area (Å²) in [4.78, 5) is 16.0. The number of rotatable bonds is 10. The molecule has 10 rings (SSSR count). The first-order valence-electron chi connectivity index (χ1n) is 25.1. The Labute approximate surface area is 432 Å². The third-order valence-corrected chi connectivity index (χ3v) is 17.9. The predicted octanol–water partition coefficient (Wildman–Crippen LogP) is 16.6. The van der Waals surface area contributed by atoms with Crippen molar-refractivity contribution >= 4 is 60.3 Å². The van der Waals surface area contributed by atoms with Crippen LogP contribution in [0, 0.1) is 30.7 Å². The van der Waals surface area contributed by atoms with Gasteiger partial charge in [0.1, 0.15) is 4.83 Å². The van der Waals surface area contributed by atoms with Gasteiger partial charge in [0, 0.05) is 31.4 Å². The van der Waals surface area contributed by atoms with E-state index in [9.17, 15) is 4.39 Å². The maximum absolute atomic E-state index is 14.5. The number of benzene rings is 6. The Morgan fingerprint density at radius 2 is 1.36 bits per heavy atom. The van der Waals surface area contributed by atoms with Crippen LogP contribution in [0.1, 0.15) is 79.7 Å². The van der Waals surface area contributed by atoms with E-state index in [1.165, 1.54) is 49.4 Å². The van der Waals surface area contributed by atoms with Gasteiger partial charge in [-0.3, -0.25) is 4.98 Å². The molecule has 0 N–H and O–H groups in total. The summed E-state index contributed by atoms with van der Waals surface area (Å²) in [5.41, 5.74) is 13.5. The first kappa shape index (κ1) is 45.9. The molecule has 351 valence electrons. The van der Waals surface area contributed by atoms with Crippen LogP contribution in [0.15, 0.2) is 146 Å². The van der Waals surface area contributed by atoms with Crippen molar-refractivity contribution in [1.29, 1.82) is 0 Å². The number of thiophene rings is 1. The van der Waals surface area contributed by atoms with Crippen LogP contribution in [-0.2, 0) is 26.5 Å². The molecular formula is C61H59FGeIrN4S-2. The van der Waals surface area contributed by atoms with Crippen LogP contribution < -0.4 is 4.40 Å². The zero-order chi connectivity index (χ0) is 50.4. The van der Waals surface area contributed by atoms with Crippen molar-refractivity contribution in [3.8, 4) is 50.7 Å². The number of nitrogens with zero attached hydrogens (tertiary/aromatic N) is 4. The number of pyridine rings is 2. The van der Waals surface area contributed by atoms with Gasteiger partial charge in [-0.25, -0.2) is 4.98 Å². The van der Waals surface area contributed by atoms with E-state index in [0.29, 0.717) is 23.4 Å². The van der Waals surface area contributed by atoms with Gasteiger partial charge < -0.3 is 4.57 Å². The summed E-state index contributed by atoms with van der Waals surface area (Å²) in [5.74, 6) is 8.37. The average Bonchev–Trinajstić information content (AvgIpc) is 3.92. The standard InChI is InChI=1S/C42H34N3S.C19H25FGeN.Ir/c1-26(2)34-24-30(28-14-7-5-8-15-28)25-35(27(3)4)39(34)45-38-21-12-11-20-37(38)43-41(45)33-19-13-18-31-32-22-23-36(29-16-9-6-10-17-29)44-42(32)46-40(31)33;1-13(2)9-15-11-19(22-12-18(15)21(4,5)6)16-8-7-14(3)10-17(16)20;/h5-18,20-27H,1-4H3;7,10-13H,9H2,1-6H3;/q2*-1;/i;3D3;. The molecule has 0 atom stereocenters. The van der Waals surface area contributed by atoms with E-state index in [2.05, 4.69) is 190 Å². The average molecular weight is 1170 g/mol. The van der Waals surface area contributed by atoms with Gasteiger partial charge in [-0.15, -0.1) is 18.2 Å². The van der Waals surface area contributed by atoms with Crippen molar-refractivity contribution in [1.82, 2.24) is 19.5 Å². The number of aryl methyl sites for hydroxylation is 1. The van der Waals surface area contributed by atoms with Crippen molar-refractivity contribution in [3.63, 3.8) is 0 Å². The van der Waals surface area contributed by atoms with E-state index < -0.39 is 25.9 Å². The Morgan fingerprint density at radius 1 is 0.696 bits per heavy atom. The van der Waals surface area contributed by atoms with E-state index in [4.69, 9.17) is 14.1 Å². The summed E-state index contributed by atoms with van der Waals surface area (Å²) >= 11 is -0.353. The zero-order valence-corrected chi connectivity index (χ0v) is 46.0. The van der Waals surface area contributed by atoms with Crippen molar-refractivity contribution < 1.29 is 28.6 Å². The SMILES string of the molecule is CC(C)c1cc(-c2ccccc2)cc(C(C)C)c1-n1c(-c2[c-]ccc3c2sc2nc(-c4ccccc4)ccc23)nc2ccccc21.[2H]C([2H])([2H])c1c[c-]c(-c2cc(CC(C)C)[c]([Ge]([CH3])([CH3])[CH3])cn2)c(F)c1.[Ir]. The summed E-state index contributed by atoms with van der Waals surface area (Å²) in [6.45, 7) is 11.2. The van der Waals surface area contributed by atoms with Gasteiger partial charge >= 0.3 is 140 Å². The van der Waals surface area contributed by atoms with Gasteiger partial charge in [0.25, 0.3) is 0 Å². The van der Waals surface area contributed by atoms with Crippen LogP contribution in [0.4, 0.5) is 4.39 Å². The third kappa shape index (κ3) is 10.3. The number of hydrogen-bond acceptors (Lipinski definition) is 4. The number of imidazole rings is 1. The minimum atomic E-state index is -2.34. The molecule has 69 heavy (non-hydrogen) atoms. The molecule has 8 heteroatoms. The first-order valence-corrected chi connectivity index (χ1v) is 31.8. The Balaban J connectivity index is 0.000000227. The molecule has 0 amide bonds. The van der Waals surface area contributed by atoms with Gasteiger partial charge in [0.05, 0.1) is 22.6 Å². The molecule has 0 bridgehead atoms. The van der Waals surface area contributed by atoms with E-state index >= 15 is 0 Å². The summed E-state index contributed by atoms with van der Waals surface area (Å²) in [7, 11) is 0. The molecular weight excluding hydrogens is 1100 g/mol. The van der Waals surface area contributed by atoms with Crippen molar-refractivity contribution in [2.45, 2.75) is 83.9 Å². The van der Waals surface area contributed by atoms with Crippen molar-refractivity contribution in [3.05, 3.63) is 186 Å². The molecule has 4 aromatic heterocycles. The fraction of sp³-hybridized carbons (Fsp3) is 0.230.